The number of benzene rings is 1. The van der Waals surface area contributed by atoms with Crippen LogP contribution >= 0.6 is 0 Å². The summed E-state index contributed by atoms with van der Waals surface area (Å²) < 4.78 is 4.96. The lowest BCUT2D eigenvalue weighted by Crippen LogP contribution is -2.11. The Morgan fingerprint density at radius 3 is 2.62 bits per heavy atom. The summed E-state index contributed by atoms with van der Waals surface area (Å²) in [4.78, 5) is 6.39. The van der Waals surface area contributed by atoms with Crippen LogP contribution in [0, 0.1) is 0 Å². The van der Waals surface area contributed by atoms with Gasteiger partial charge in [-0.3, -0.25) is 0 Å². The van der Waals surface area contributed by atoms with Crippen molar-refractivity contribution in [3.63, 3.8) is 0 Å². The highest BCUT2D eigenvalue weighted by atomic mass is 16.5. The van der Waals surface area contributed by atoms with Crippen LogP contribution in [0.2, 0.25) is 0 Å². The van der Waals surface area contributed by atoms with Crippen molar-refractivity contribution in [3.8, 4) is 0 Å². The molecular weight excluding hydrogens is 268 g/mol. The van der Waals surface area contributed by atoms with Gasteiger partial charge >= 0.3 is 0 Å². The second-order valence-electron chi connectivity index (χ2n) is 4.65. The third-order valence-electron chi connectivity index (χ3n) is 2.80. The van der Waals surface area contributed by atoms with E-state index in [2.05, 4.69) is 25.8 Å². The molecule has 112 valence electrons. The van der Waals surface area contributed by atoms with Gasteiger partial charge in [-0.2, -0.15) is 10.1 Å². The highest BCUT2D eigenvalue weighted by molar-refractivity contribution is 5.60. The smallest absolute Gasteiger partial charge is 0.244 e. The van der Waals surface area contributed by atoms with E-state index in [4.69, 9.17) is 4.74 Å². The van der Waals surface area contributed by atoms with E-state index >= 15 is 0 Å². The molecule has 0 atom stereocenters. The Hall–Kier alpha value is -2.41. The molecule has 2 rings (SSSR count). The van der Waals surface area contributed by atoms with Crippen molar-refractivity contribution in [1.29, 1.82) is 0 Å². The summed E-state index contributed by atoms with van der Waals surface area (Å²) in [6, 6.07) is 8.06. The van der Waals surface area contributed by atoms with Crippen LogP contribution < -0.4 is 15.5 Å². The van der Waals surface area contributed by atoms with E-state index in [1.807, 2.05) is 43.3 Å². The van der Waals surface area contributed by atoms with Crippen molar-refractivity contribution in [1.82, 2.24) is 15.2 Å². The van der Waals surface area contributed by atoms with Crippen LogP contribution in [-0.2, 0) is 4.74 Å². The van der Waals surface area contributed by atoms with E-state index in [-0.39, 0.29) is 0 Å². The third-order valence-corrected chi connectivity index (χ3v) is 2.80. The molecule has 0 unspecified atom stereocenters. The number of anilines is 4. The lowest BCUT2D eigenvalue weighted by atomic mass is 10.2. The third kappa shape index (κ3) is 4.57. The number of rotatable bonds is 7. The second kappa shape index (κ2) is 7.39. The summed E-state index contributed by atoms with van der Waals surface area (Å²) in [5.41, 5.74) is 2.09. The van der Waals surface area contributed by atoms with Crippen molar-refractivity contribution in [3.05, 3.63) is 30.5 Å². The van der Waals surface area contributed by atoms with Crippen LogP contribution in [0.3, 0.4) is 0 Å². The predicted molar refractivity (Wildman–Crippen MR) is 84.2 cm³/mol. The van der Waals surface area contributed by atoms with Crippen LogP contribution in [0.5, 0.6) is 0 Å². The van der Waals surface area contributed by atoms with Gasteiger partial charge in [0.1, 0.15) is 0 Å². The number of ether oxygens (including phenoxy) is 1. The number of nitrogens with zero attached hydrogens (tertiary/aromatic N) is 4. The Balaban J connectivity index is 2.00. The van der Waals surface area contributed by atoms with E-state index < -0.39 is 0 Å². The molecule has 0 aliphatic rings. The maximum absolute atomic E-state index is 4.96. The standard InChI is InChI=1S/C14H20N6O/c1-20(2)12-6-4-11(5-7-12)17-13-10-16-19-14(18-13)15-8-9-21-3/h4-7,10H,8-9H2,1-3H3,(H2,15,17,18,19). The van der Waals surface area contributed by atoms with Gasteiger partial charge in [-0.15, -0.1) is 5.10 Å². The minimum Gasteiger partial charge on any atom is -0.383 e. The van der Waals surface area contributed by atoms with Gasteiger partial charge in [-0.05, 0) is 24.3 Å². The van der Waals surface area contributed by atoms with E-state index in [9.17, 15) is 0 Å². The first-order valence-electron chi connectivity index (χ1n) is 6.66. The Bertz CT molecular complexity index is 558. The zero-order valence-electron chi connectivity index (χ0n) is 12.5. The molecule has 0 fully saturated rings. The van der Waals surface area contributed by atoms with Crippen molar-refractivity contribution < 1.29 is 4.74 Å². The van der Waals surface area contributed by atoms with Gasteiger partial charge in [-0.1, -0.05) is 0 Å². The normalized spacial score (nSPS) is 10.2. The van der Waals surface area contributed by atoms with Crippen LogP contribution in [0.4, 0.5) is 23.1 Å². The second-order valence-corrected chi connectivity index (χ2v) is 4.65. The summed E-state index contributed by atoms with van der Waals surface area (Å²) in [5.74, 6) is 1.12. The van der Waals surface area contributed by atoms with Crippen LogP contribution in [0.15, 0.2) is 30.5 Å². The molecule has 21 heavy (non-hydrogen) atoms. The maximum atomic E-state index is 4.96. The fourth-order valence-corrected chi connectivity index (χ4v) is 1.69. The highest BCUT2D eigenvalue weighted by Gasteiger charge is 2.01. The van der Waals surface area contributed by atoms with Crippen molar-refractivity contribution in [2.75, 3.05) is 49.9 Å². The van der Waals surface area contributed by atoms with E-state index in [0.717, 1.165) is 11.4 Å². The van der Waals surface area contributed by atoms with Gasteiger partial charge in [0.15, 0.2) is 5.82 Å². The Kier molecular flexibility index (Phi) is 5.28. The van der Waals surface area contributed by atoms with E-state index in [1.54, 1.807) is 13.3 Å². The first kappa shape index (κ1) is 15.0. The maximum Gasteiger partial charge on any atom is 0.244 e. The van der Waals surface area contributed by atoms with Crippen molar-refractivity contribution in [2.24, 2.45) is 0 Å². The molecule has 7 heteroatoms. The summed E-state index contributed by atoms with van der Waals surface area (Å²) >= 11 is 0. The van der Waals surface area contributed by atoms with Crippen LogP contribution in [0.25, 0.3) is 0 Å². The molecule has 0 radical (unpaired) electrons. The Morgan fingerprint density at radius 1 is 1.19 bits per heavy atom. The molecule has 2 aromatic rings. The van der Waals surface area contributed by atoms with Gasteiger partial charge < -0.3 is 20.3 Å². The zero-order valence-corrected chi connectivity index (χ0v) is 12.5. The minimum absolute atomic E-state index is 0.474. The molecule has 2 N–H and O–H groups in total. The van der Waals surface area contributed by atoms with Crippen molar-refractivity contribution >= 4 is 23.1 Å². The van der Waals surface area contributed by atoms with E-state index in [1.165, 1.54) is 0 Å². The van der Waals surface area contributed by atoms with Gasteiger partial charge in [-0.25, -0.2) is 0 Å². The molecule has 0 saturated heterocycles. The average molecular weight is 288 g/mol. The summed E-state index contributed by atoms with van der Waals surface area (Å²) in [6.45, 7) is 1.23. The van der Waals surface area contributed by atoms with Crippen LogP contribution in [-0.4, -0.2) is 49.5 Å². The molecule has 0 saturated carbocycles. The zero-order chi connectivity index (χ0) is 15.1. The molecule has 1 heterocycles. The van der Waals surface area contributed by atoms with Crippen molar-refractivity contribution in [2.45, 2.75) is 0 Å². The largest absolute Gasteiger partial charge is 0.383 e. The highest BCUT2D eigenvalue weighted by Crippen LogP contribution is 2.18. The topological polar surface area (TPSA) is 75.2 Å². The molecule has 1 aromatic heterocycles. The number of methoxy groups -OCH3 is 1. The fourth-order valence-electron chi connectivity index (χ4n) is 1.69. The summed E-state index contributed by atoms with van der Waals surface area (Å²) in [5, 5.41) is 14.1. The number of aromatic nitrogens is 3. The minimum atomic E-state index is 0.474. The predicted octanol–water partition coefficient (Wildman–Crippen LogP) is 1.74. The van der Waals surface area contributed by atoms with Gasteiger partial charge in [0.25, 0.3) is 0 Å². The Morgan fingerprint density at radius 2 is 1.95 bits per heavy atom. The van der Waals surface area contributed by atoms with Crippen LogP contribution in [0.1, 0.15) is 0 Å². The first-order chi connectivity index (χ1) is 10.2. The molecular formula is C14H20N6O. The van der Waals surface area contributed by atoms with Gasteiger partial charge in [0.2, 0.25) is 5.95 Å². The summed E-state index contributed by atoms with van der Waals surface area (Å²) in [6.07, 6.45) is 1.58. The molecule has 0 bridgehead atoms. The quantitative estimate of drug-likeness (QED) is 0.752. The lowest BCUT2D eigenvalue weighted by Gasteiger charge is -2.13. The number of nitrogens with one attached hydrogen (secondary N) is 2. The average Bonchev–Trinajstić information content (AvgIpc) is 2.48. The monoisotopic (exact) mass is 288 g/mol. The summed E-state index contributed by atoms with van der Waals surface area (Å²) in [7, 11) is 5.67. The SMILES string of the molecule is COCCNc1nncc(Nc2ccc(N(C)C)cc2)n1. The number of hydrogen-bond acceptors (Lipinski definition) is 7. The first-order valence-corrected chi connectivity index (χ1v) is 6.66. The molecule has 0 spiro atoms. The molecule has 1 aromatic carbocycles. The molecule has 7 nitrogen and oxygen atoms in total. The van der Waals surface area contributed by atoms with Gasteiger partial charge in [0, 0.05) is 39.1 Å². The molecule has 0 amide bonds. The van der Waals surface area contributed by atoms with Gasteiger partial charge in [0.05, 0.1) is 12.8 Å². The Labute approximate surface area is 124 Å². The molecule has 0 aliphatic carbocycles. The van der Waals surface area contributed by atoms with E-state index in [0.29, 0.717) is 24.9 Å². The lowest BCUT2D eigenvalue weighted by molar-refractivity contribution is 0.210. The fraction of sp³-hybridized carbons (Fsp3) is 0.357. The number of hydrogen-bond donors (Lipinski definition) is 2. The molecule has 0 aliphatic heterocycles.